The summed E-state index contributed by atoms with van der Waals surface area (Å²) in [6.07, 6.45) is 0.544. The van der Waals surface area contributed by atoms with Gasteiger partial charge >= 0.3 is 5.97 Å². The number of esters is 1. The Kier molecular flexibility index (Phi) is 3.72. The first-order chi connectivity index (χ1) is 8.71. The lowest BCUT2D eigenvalue weighted by molar-refractivity contribution is -0.143. The van der Waals surface area contributed by atoms with Gasteiger partial charge in [-0.2, -0.15) is 0 Å². The monoisotopic (exact) mass is 251 g/mol. The fourth-order valence-electron chi connectivity index (χ4n) is 2.24. The maximum Gasteiger partial charge on any atom is 0.323 e. The molecule has 0 saturated carbocycles. The SMILES string of the molecule is COC(=O)C1Cc2c(ccc(OC)c2OC)CN1. The van der Waals surface area contributed by atoms with Crippen molar-refractivity contribution >= 4 is 5.97 Å². The smallest absolute Gasteiger partial charge is 0.323 e. The lowest BCUT2D eigenvalue weighted by Crippen LogP contribution is -2.42. The van der Waals surface area contributed by atoms with Crippen LogP contribution in [0.4, 0.5) is 0 Å². The Bertz CT molecular complexity index is 459. The average Bonchev–Trinajstić information content (AvgIpc) is 2.44. The minimum atomic E-state index is -0.330. The summed E-state index contributed by atoms with van der Waals surface area (Å²) in [6, 6.07) is 3.53. The van der Waals surface area contributed by atoms with Crippen LogP contribution in [0, 0.1) is 0 Å². The highest BCUT2D eigenvalue weighted by atomic mass is 16.5. The molecule has 0 saturated heterocycles. The second-order valence-corrected chi connectivity index (χ2v) is 4.10. The maximum atomic E-state index is 11.6. The first-order valence-electron chi connectivity index (χ1n) is 5.75. The standard InChI is InChI=1S/C13H17NO4/c1-16-11-5-4-8-7-14-10(13(15)18-3)6-9(8)12(11)17-2/h4-5,10,14H,6-7H2,1-3H3. The predicted octanol–water partition coefficient (Wildman–Crippen LogP) is 0.891. The third-order valence-corrected chi connectivity index (χ3v) is 3.18. The molecule has 1 N–H and O–H groups in total. The zero-order valence-corrected chi connectivity index (χ0v) is 10.8. The molecule has 1 aliphatic heterocycles. The molecule has 1 aliphatic rings. The van der Waals surface area contributed by atoms with Crippen molar-refractivity contribution in [1.29, 1.82) is 0 Å². The quantitative estimate of drug-likeness (QED) is 0.809. The first-order valence-corrected chi connectivity index (χ1v) is 5.75. The van der Waals surface area contributed by atoms with Crippen LogP contribution in [-0.4, -0.2) is 33.3 Å². The zero-order chi connectivity index (χ0) is 13.1. The van der Waals surface area contributed by atoms with Gasteiger partial charge in [0.25, 0.3) is 0 Å². The molecule has 0 spiro atoms. The predicted molar refractivity (Wildman–Crippen MR) is 65.9 cm³/mol. The number of hydrogen-bond donors (Lipinski definition) is 1. The molecule has 1 unspecified atom stereocenters. The number of fused-ring (bicyclic) bond motifs is 1. The maximum absolute atomic E-state index is 11.6. The highest BCUT2D eigenvalue weighted by Gasteiger charge is 2.28. The van der Waals surface area contributed by atoms with Crippen LogP contribution in [0.2, 0.25) is 0 Å². The fourth-order valence-corrected chi connectivity index (χ4v) is 2.24. The Morgan fingerprint density at radius 2 is 2.06 bits per heavy atom. The van der Waals surface area contributed by atoms with E-state index in [0.717, 1.165) is 11.1 Å². The van der Waals surface area contributed by atoms with E-state index in [4.69, 9.17) is 14.2 Å². The van der Waals surface area contributed by atoms with Crippen molar-refractivity contribution < 1.29 is 19.0 Å². The number of benzene rings is 1. The van der Waals surface area contributed by atoms with E-state index in [0.29, 0.717) is 24.5 Å². The van der Waals surface area contributed by atoms with Gasteiger partial charge in [0.05, 0.1) is 21.3 Å². The Morgan fingerprint density at radius 3 is 2.67 bits per heavy atom. The summed E-state index contributed by atoms with van der Waals surface area (Å²) in [5.74, 6) is 1.12. The minimum Gasteiger partial charge on any atom is -0.493 e. The van der Waals surface area contributed by atoms with E-state index < -0.39 is 0 Å². The Morgan fingerprint density at radius 1 is 1.28 bits per heavy atom. The zero-order valence-electron chi connectivity index (χ0n) is 10.8. The topological polar surface area (TPSA) is 56.8 Å². The number of ether oxygens (including phenoxy) is 3. The molecule has 0 aromatic heterocycles. The van der Waals surface area contributed by atoms with Gasteiger partial charge < -0.3 is 19.5 Å². The molecular weight excluding hydrogens is 234 g/mol. The van der Waals surface area contributed by atoms with E-state index in [1.54, 1.807) is 14.2 Å². The lowest BCUT2D eigenvalue weighted by Gasteiger charge is -2.26. The normalized spacial score (nSPS) is 17.8. The molecule has 1 heterocycles. The number of carbonyl (C=O) groups excluding carboxylic acids is 1. The van der Waals surface area contributed by atoms with Crippen LogP contribution in [0.5, 0.6) is 11.5 Å². The van der Waals surface area contributed by atoms with Crippen molar-refractivity contribution in [2.75, 3.05) is 21.3 Å². The van der Waals surface area contributed by atoms with E-state index in [1.165, 1.54) is 7.11 Å². The number of hydrogen-bond acceptors (Lipinski definition) is 5. The van der Waals surface area contributed by atoms with Crippen LogP contribution >= 0.6 is 0 Å². The number of rotatable bonds is 3. The van der Waals surface area contributed by atoms with E-state index in [9.17, 15) is 4.79 Å². The molecule has 1 atom stereocenters. The first kappa shape index (κ1) is 12.7. The van der Waals surface area contributed by atoms with Gasteiger partial charge in [0, 0.05) is 18.5 Å². The molecule has 1 aromatic carbocycles. The van der Waals surface area contributed by atoms with Gasteiger partial charge in [0.15, 0.2) is 11.5 Å². The Hall–Kier alpha value is -1.75. The largest absolute Gasteiger partial charge is 0.493 e. The van der Waals surface area contributed by atoms with E-state index in [1.807, 2.05) is 12.1 Å². The summed E-state index contributed by atoms with van der Waals surface area (Å²) in [4.78, 5) is 11.6. The van der Waals surface area contributed by atoms with Crippen molar-refractivity contribution in [2.45, 2.75) is 19.0 Å². The molecule has 5 nitrogen and oxygen atoms in total. The van der Waals surface area contributed by atoms with Gasteiger partial charge in [-0.05, 0) is 11.6 Å². The van der Waals surface area contributed by atoms with Crippen LogP contribution in [0.3, 0.4) is 0 Å². The average molecular weight is 251 g/mol. The molecule has 98 valence electrons. The van der Waals surface area contributed by atoms with Crippen LogP contribution in [-0.2, 0) is 22.5 Å². The number of nitrogens with one attached hydrogen (secondary N) is 1. The van der Waals surface area contributed by atoms with E-state index in [2.05, 4.69) is 5.32 Å². The minimum absolute atomic E-state index is 0.259. The van der Waals surface area contributed by atoms with Crippen molar-refractivity contribution in [3.8, 4) is 11.5 Å². The molecule has 1 aromatic rings. The van der Waals surface area contributed by atoms with Crippen molar-refractivity contribution in [3.63, 3.8) is 0 Å². The van der Waals surface area contributed by atoms with Crippen molar-refractivity contribution in [3.05, 3.63) is 23.3 Å². The van der Waals surface area contributed by atoms with Gasteiger partial charge in [-0.25, -0.2) is 0 Å². The summed E-state index contributed by atoms with van der Waals surface area (Å²) in [5.41, 5.74) is 2.12. The van der Waals surface area contributed by atoms with Gasteiger partial charge in [0.2, 0.25) is 0 Å². The molecule has 0 fully saturated rings. The second kappa shape index (κ2) is 5.27. The highest BCUT2D eigenvalue weighted by molar-refractivity contribution is 5.77. The number of methoxy groups -OCH3 is 3. The van der Waals surface area contributed by atoms with Crippen LogP contribution in [0.25, 0.3) is 0 Å². The molecule has 0 amide bonds. The molecular formula is C13H17NO4. The van der Waals surface area contributed by atoms with Crippen LogP contribution in [0.15, 0.2) is 12.1 Å². The van der Waals surface area contributed by atoms with Crippen LogP contribution < -0.4 is 14.8 Å². The van der Waals surface area contributed by atoms with Gasteiger partial charge in [-0.1, -0.05) is 6.07 Å². The van der Waals surface area contributed by atoms with Gasteiger partial charge in [-0.3, -0.25) is 4.79 Å². The summed E-state index contributed by atoms with van der Waals surface area (Å²) in [6.45, 7) is 0.620. The molecule has 5 heteroatoms. The van der Waals surface area contributed by atoms with Gasteiger partial charge in [-0.15, -0.1) is 0 Å². The third kappa shape index (κ3) is 2.13. The summed E-state index contributed by atoms with van der Waals surface area (Å²) < 4.78 is 15.4. The molecule has 0 bridgehead atoms. The molecule has 0 aliphatic carbocycles. The van der Waals surface area contributed by atoms with Crippen molar-refractivity contribution in [2.24, 2.45) is 0 Å². The van der Waals surface area contributed by atoms with E-state index >= 15 is 0 Å². The van der Waals surface area contributed by atoms with E-state index in [-0.39, 0.29) is 12.0 Å². The summed E-state index contributed by atoms with van der Waals surface area (Å²) >= 11 is 0. The third-order valence-electron chi connectivity index (χ3n) is 3.18. The molecule has 0 radical (unpaired) electrons. The Balaban J connectivity index is 2.37. The number of carbonyl (C=O) groups is 1. The van der Waals surface area contributed by atoms with Crippen molar-refractivity contribution in [1.82, 2.24) is 5.32 Å². The summed E-state index contributed by atoms with van der Waals surface area (Å²) in [7, 11) is 4.60. The lowest BCUT2D eigenvalue weighted by atomic mass is 9.94. The second-order valence-electron chi connectivity index (χ2n) is 4.10. The Labute approximate surface area is 106 Å². The summed E-state index contributed by atoms with van der Waals surface area (Å²) in [5, 5.41) is 3.14. The molecule has 2 rings (SSSR count). The fraction of sp³-hybridized carbons (Fsp3) is 0.462. The molecule has 18 heavy (non-hydrogen) atoms. The van der Waals surface area contributed by atoms with Crippen LogP contribution in [0.1, 0.15) is 11.1 Å². The van der Waals surface area contributed by atoms with Gasteiger partial charge in [0.1, 0.15) is 6.04 Å². The highest BCUT2D eigenvalue weighted by Crippen LogP contribution is 2.35.